The molecular weight excluding hydrogens is 252 g/mol. The molecule has 1 aromatic heterocycles. The second kappa shape index (κ2) is 6.94. The Morgan fingerprint density at radius 1 is 1.20 bits per heavy atom. The fourth-order valence-corrected chi connectivity index (χ4v) is 2.38. The highest BCUT2D eigenvalue weighted by atomic mass is 79.9. The van der Waals surface area contributed by atoms with Crippen LogP contribution < -0.4 is 0 Å². The van der Waals surface area contributed by atoms with Crippen LogP contribution in [-0.4, -0.2) is 14.8 Å². The van der Waals surface area contributed by atoms with Crippen molar-refractivity contribution in [3.05, 3.63) is 23.8 Å². The molecule has 0 spiro atoms. The number of hydrogen-bond donors (Lipinski definition) is 0. The summed E-state index contributed by atoms with van der Waals surface area (Å²) in [7, 11) is 0. The van der Waals surface area contributed by atoms with E-state index in [4.69, 9.17) is 0 Å². The molecule has 0 aliphatic carbocycles. The Kier molecular flexibility index (Phi) is 5.84. The number of rotatable bonds is 6. The molecule has 2 nitrogen and oxygen atoms in total. The molecule has 1 unspecified atom stereocenters. The van der Waals surface area contributed by atoms with Gasteiger partial charge in [-0.2, -0.15) is 0 Å². The van der Waals surface area contributed by atoms with Crippen molar-refractivity contribution in [3.63, 3.8) is 0 Å². The first kappa shape index (κ1) is 12.6. The average Bonchev–Trinajstić information content (AvgIpc) is 2.19. The van der Waals surface area contributed by atoms with Crippen LogP contribution in [0.5, 0.6) is 0 Å². The summed E-state index contributed by atoms with van der Waals surface area (Å²) in [5.74, 6) is 0. The molecule has 15 heavy (non-hydrogen) atoms. The van der Waals surface area contributed by atoms with E-state index in [1.165, 1.54) is 18.5 Å². The molecule has 0 fully saturated rings. The molecule has 1 rings (SSSR count). The third kappa shape index (κ3) is 4.74. The van der Waals surface area contributed by atoms with Gasteiger partial charge in [-0.05, 0) is 18.9 Å². The predicted octanol–water partition coefficient (Wildman–Crippen LogP) is 3.54. The minimum Gasteiger partial charge on any atom is -0.241 e. The maximum absolute atomic E-state index is 4.30. The van der Waals surface area contributed by atoms with Crippen molar-refractivity contribution >= 4 is 15.9 Å². The smallest absolute Gasteiger partial charge is 0.115 e. The Labute approximate surface area is 101 Å². The van der Waals surface area contributed by atoms with E-state index in [0.717, 1.165) is 25.0 Å². The topological polar surface area (TPSA) is 25.8 Å². The minimum atomic E-state index is 0.548. The molecule has 0 N–H and O–H groups in total. The fourth-order valence-electron chi connectivity index (χ4n) is 1.59. The van der Waals surface area contributed by atoms with Gasteiger partial charge >= 0.3 is 0 Å². The van der Waals surface area contributed by atoms with Gasteiger partial charge in [-0.1, -0.05) is 42.6 Å². The molecule has 0 radical (unpaired) electrons. The Morgan fingerprint density at radius 3 is 2.60 bits per heavy atom. The first-order chi connectivity index (χ1) is 7.26. The van der Waals surface area contributed by atoms with Gasteiger partial charge in [0, 0.05) is 22.6 Å². The Morgan fingerprint density at radius 2 is 1.93 bits per heavy atom. The minimum absolute atomic E-state index is 0.548. The van der Waals surface area contributed by atoms with E-state index in [-0.39, 0.29) is 0 Å². The number of aromatic nitrogens is 2. The van der Waals surface area contributed by atoms with E-state index in [0.29, 0.717) is 4.83 Å². The number of nitrogens with zero attached hydrogens (tertiary/aromatic N) is 2. The van der Waals surface area contributed by atoms with E-state index in [1.54, 1.807) is 6.33 Å². The van der Waals surface area contributed by atoms with E-state index >= 15 is 0 Å². The van der Waals surface area contributed by atoms with Gasteiger partial charge in [0.1, 0.15) is 6.33 Å². The molecule has 0 aliphatic heterocycles. The largest absolute Gasteiger partial charge is 0.241 e. The zero-order valence-electron chi connectivity index (χ0n) is 9.54. The summed E-state index contributed by atoms with van der Waals surface area (Å²) in [6.45, 7) is 4.38. The number of aryl methyl sites for hydroxylation is 1. The summed E-state index contributed by atoms with van der Waals surface area (Å²) < 4.78 is 0. The lowest BCUT2D eigenvalue weighted by molar-refractivity contribution is 0.728. The highest BCUT2D eigenvalue weighted by Crippen LogP contribution is 2.14. The molecule has 3 heteroatoms. The highest BCUT2D eigenvalue weighted by molar-refractivity contribution is 9.09. The highest BCUT2D eigenvalue weighted by Gasteiger charge is 2.06. The molecule has 84 valence electrons. The lowest BCUT2D eigenvalue weighted by Crippen LogP contribution is -2.05. The van der Waals surface area contributed by atoms with Crippen LogP contribution >= 0.6 is 15.9 Å². The van der Waals surface area contributed by atoms with E-state index in [9.17, 15) is 0 Å². The summed E-state index contributed by atoms with van der Waals surface area (Å²) >= 11 is 3.68. The van der Waals surface area contributed by atoms with Crippen molar-refractivity contribution in [3.8, 4) is 0 Å². The van der Waals surface area contributed by atoms with Gasteiger partial charge in [-0.15, -0.1) is 0 Å². The van der Waals surface area contributed by atoms with Gasteiger partial charge in [0.05, 0.1) is 0 Å². The summed E-state index contributed by atoms with van der Waals surface area (Å²) in [4.78, 5) is 9.11. The van der Waals surface area contributed by atoms with Gasteiger partial charge < -0.3 is 0 Å². The van der Waals surface area contributed by atoms with Crippen LogP contribution in [0.1, 0.15) is 44.5 Å². The van der Waals surface area contributed by atoms with Crippen molar-refractivity contribution in [2.75, 3.05) is 0 Å². The third-order valence-corrected chi connectivity index (χ3v) is 3.10. The maximum Gasteiger partial charge on any atom is 0.115 e. The number of halogens is 1. The van der Waals surface area contributed by atoms with E-state index < -0.39 is 0 Å². The van der Waals surface area contributed by atoms with E-state index in [2.05, 4.69) is 45.8 Å². The molecule has 1 aromatic rings. The zero-order chi connectivity index (χ0) is 11.1. The molecule has 1 heterocycles. The zero-order valence-corrected chi connectivity index (χ0v) is 11.1. The van der Waals surface area contributed by atoms with Crippen LogP contribution in [0, 0.1) is 0 Å². The SMILES string of the molecule is CCCc1cc(CC(Br)CCC)ncn1. The quantitative estimate of drug-likeness (QED) is 0.740. The molecule has 0 aliphatic rings. The lowest BCUT2D eigenvalue weighted by Gasteiger charge is -2.08. The lowest BCUT2D eigenvalue weighted by atomic mass is 10.1. The van der Waals surface area contributed by atoms with Gasteiger partial charge in [-0.25, -0.2) is 9.97 Å². The van der Waals surface area contributed by atoms with Crippen molar-refractivity contribution in [1.29, 1.82) is 0 Å². The molecular formula is C12H19BrN2. The van der Waals surface area contributed by atoms with Crippen molar-refractivity contribution in [2.45, 2.75) is 50.8 Å². The summed E-state index contributed by atoms with van der Waals surface area (Å²) in [6.07, 6.45) is 7.30. The first-order valence-corrected chi connectivity index (χ1v) is 6.61. The fraction of sp³-hybridized carbons (Fsp3) is 0.667. The van der Waals surface area contributed by atoms with Crippen molar-refractivity contribution in [2.24, 2.45) is 0 Å². The predicted molar refractivity (Wildman–Crippen MR) is 67.4 cm³/mol. The Balaban J connectivity index is 2.56. The van der Waals surface area contributed by atoms with Crippen LogP contribution in [0.25, 0.3) is 0 Å². The standard InChI is InChI=1S/C12H19BrN2/c1-3-5-10(13)7-12-8-11(6-4-2)14-9-15-12/h8-10H,3-7H2,1-2H3. The van der Waals surface area contributed by atoms with Crippen LogP contribution in [0.15, 0.2) is 12.4 Å². The third-order valence-electron chi connectivity index (χ3n) is 2.32. The second-order valence-electron chi connectivity index (χ2n) is 3.84. The maximum atomic E-state index is 4.30. The van der Waals surface area contributed by atoms with Crippen molar-refractivity contribution in [1.82, 2.24) is 9.97 Å². The molecule has 1 atom stereocenters. The average molecular weight is 271 g/mol. The van der Waals surface area contributed by atoms with Crippen LogP contribution in [-0.2, 0) is 12.8 Å². The monoisotopic (exact) mass is 270 g/mol. The molecule has 0 saturated heterocycles. The number of hydrogen-bond acceptors (Lipinski definition) is 2. The summed E-state index contributed by atoms with van der Waals surface area (Å²) in [6, 6.07) is 2.13. The van der Waals surface area contributed by atoms with Crippen molar-refractivity contribution < 1.29 is 0 Å². The molecule has 0 saturated carbocycles. The van der Waals surface area contributed by atoms with Crippen LogP contribution in [0.2, 0.25) is 0 Å². The molecule has 0 amide bonds. The second-order valence-corrected chi connectivity index (χ2v) is 5.14. The summed E-state index contributed by atoms with van der Waals surface area (Å²) in [5.41, 5.74) is 2.32. The van der Waals surface area contributed by atoms with Crippen LogP contribution in [0.4, 0.5) is 0 Å². The molecule has 0 aromatic carbocycles. The van der Waals surface area contributed by atoms with E-state index in [1.807, 2.05) is 0 Å². The molecule has 0 bridgehead atoms. The van der Waals surface area contributed by atoms with Gasteiger partial charge in [0.15, 0.2) is 0 Å². The number of alkyl halides is 1. The van der Waals surface area contributed by atoms with Gasteiger partial charge in [0.25, 0.3) is 0 Å². The van der Waals surface area contributed by atoms with Crippen LogP contribution in [0.3, 0.4) is 0 Å². The summed E-state index contributed by atoms with van der Waals surface area (Å²) in [5, 5.41) is 0. The Bertz CT molecular complexity index is 289. The van der Waals surface area contributed by atoms with Gasteiger partial charge in [-0.3, -0.25) is 0 Å². The Hall–Kier alpha value is -0.440. The normalized spacial score (nSPS) is 12.7. The van der Waals surface area contributed by atoms with Gasteiger partial charge in [0.2, 0.25) is 0 Å². The first-order valence-electron chi connectivity index (χ1n) is 5.70.